The van der Waals surface area contributed by atoms with E-state index in [4.69, 9.17) is 4.42 Å². The van der Waals surface area contributed by atoms with Crippen molar-refractivity contribution < 1.29 is 9.21 Å². The number of nitrogens with zero attached hydrogens (tertiary/aromatic N) is 2. The third-order valence-corrected chi connectivity index (χ3v) is 6.01. The lowest BCUT2D eigenvalue weighted by Gasteiger charge is -2.02. The summed E-state index contributed by atoms with van der Waals surface area (Å²) in [4.78, 5) is 20.7. The second-order valence-corrected chi connectivity index (χ2v) is 8.78. The number of anilines is 1. The Morgan fingerprint density at radius 3 is 2.78 bits per heavy atom. The van der Waals surface area contributed by atoms with Gasteiger partial charge in [-0.05, 0) is 18.4 Å². The van der Waals surface area contributed by atoms with Gasteiger partial charge < -0.3 is 9.73 Å². The van der Waals surface area contributed by atoms with Gasteiger partial charge >= 0.3 is 0 Å². The minimum Gasteiger partial charge on any atom is -0.445 e. The third-order valence-electron chi connectivity index (χ3n) is 3.92. The number of aryl methyl sites for hydroxylation is 1. The van der Waals surface area contributed by atoms with Gasteiger partial charge in [0, 0.05) is 12.3 Å². The van der Waals surface area contributed by atoms with E-state index in [2.05, 4.69) is 41.3 Å². The number of rotatable bonds is 9. The molecule has 0 saturated carbocycles. The van der Waals surface area contributed by atoms with Gasteiger partial charge in [-0.25, -0.2) is 9.97 Å². The van der Waals surface area contributed by atoms with Crippen molar-refractivity contribution in [1.82, 2.24) is 9.97 Å². The van der Waals surface area contributed by atoms with Crippen LogP contribution in [0.15, 0.2) is 51.4 Å². The van der Waals surface area contributed by atoms with Crippen molar-refractivity contribution in [1.29, 1.82) is 0 Å². The first kappa shape index (κ1) is 19.6. The number of benzene rings is 1. The van der Waals surface area contributed by atoms with Crippen molar-refractivity contribution in [2.24, 2.45) is 0 Å². The number of hydrogen-bond acceptors (Lipinski definition) is 6. The predicted octanol–water partition coefficient (Wildman–Crippen LogP) is 5.51. The maximum atomic E-state index is 12.1. The summed E-state index contributed by atoms with van der Waals surface area (Å²) in [6, 6.07) is 10.2. The number of carbonyl (C=O) groups is 1. The zero-order valence-corrected chi connectivity index (χ0v) is 17.1. The average Bonchev–Trinajstić information content (AvgIpc) is 3.30. The molecule has 0 atom stereocenters. The molecule has 2 aromatic heterocycles. The number of nitrogens with one attached hydrogen (secondary N) is 1. The van der Waals surface area contributed by atoms with Gasteiger partial charge in [-0.2, -0.15) is 0 Å². The fraction of sp³-hybridized carbons (Fsp3) is 0.350. The normalized spacial score (nSPS) is 11.1. The Morgan fingerprint density at radius 2 is 2.04 bits per heavy atom. The van der Waals surface area contributed by atoms with E-state index in [9.17, 15) is 4.79 Å². The number of thiazole rings is 1. The van der Waals surface area contributed by atoms with Gasteiger partial charge in [0.1, 0.15) is 5.76 Å². The van der Waals surface area contributed by atoms with E-state index in [1.807, 2.05) is 18.2 Å². The first-order valence-corrected chi connectivity index (χ1v) is 10.8. The quantitative estimate of drug-likeness (QED) is 0.479. The molecule has 27 heavy (non-hydrogen) atoms. The molecular weight excluding hydrogens is 378 g/mol. The van der Waals surface area contributed by atoms with Crippen LogP contribution >= 0.6 is 23.1 Å². The number of amides is 1. The van der Waals surface area contributed by atoms with E-state index in [1.54, 1.807) is 24.2 Å². The van der Waals surface area contributed by atoms with Gasteiger partial charge in [0.15, 0.2) is 5.13 Å². The monoisotopic (exact) mass is 401 g/mol. The van der Waals surface area contributed by atoms with Crippen LogP contribution in [0.4, 0.5) is 5.13 Å². The Balaban J connectivity index is 1.41. The number of aromatic nitrogens is 2. The summed E-state index contributed by atoms with van der Waals surface area (Å²) >= 11 is 3.08. The molecule has 142 valence electrons. The van der Waals surface area contributed by atoms with E-state index in [0.717, 1.165) is 22.8 Å². The van der Waals surface area contributed by atoms with E-state index in [-0.39, 0.29) is 5.91 Å². The Hall–Kier alpha value is -2.12. The Kier molecular flexibility index (Phi) is 7.06. The Bertz CT molecular complexity index is 859. The molecule has 3 rings (SSSR count). The molecule has 0 saturated heterocycles. The molecule has 0 aliphatic rings. The van der Waals surface area contributed by atoms with Crippen LogP contribution in [0.1, 0.15) is 49.8 Å². The molecule has 0 spiro atoms. The largest absolute Gasteiger partial charge is 0.445 e. The summed E-state index contributed by atoms with van der Waals surface area (Å²) < 4.78 is 6.73. The molecule has 0 bridgehead atoms. The highest BCUT2D eigenvalue weighted by molar-refractivity contribution is 8.00. The molecule has 1 amide bonds. The first-order chi connectivity index (χ1) is 13.1. The summed E-state index contributed by atoms with van der Waals surface area (Å²) in [5, 5.41) is 3.52. The Morgan fingerprint density at radius 1 is 1.22 bits per heavy atom. The van der Waals surface area contributed by atoms with Gasteiger partial charge in [0.2, 0.25) is 11.8 Å². The van der Waals surface area contributed by atoms with E-state index in [0.29, 0.717) is 29.1 Å². The maximum absolute atomic E-state index is 12.1. The lowest BCUT2D eigenvalue weighted by Crippen LogP contribution is -2.11. The lowest BCUT2D eigenvalue weighted by molar-refractivity contribution is -0.116. The van der Waals surface area contributed by atoms with Crippen LogP contribution in [0.2, 0.25) is 0 Å². The maximum Gasteiger partial charge on any atom is 0.226 e. The molecule has 2 heterocycles. The zero-order valence-electron chi connectivity index (χ0n) is 15.5. The SMILES string of the molecule is CC(C)c1cnc(CSc2cnc(NC(=O)CCCc3ccccc3)s2)o1. The minimum atomic E-state index is 0.00566. The van der Waals surface area contributed by atoms with E-state index < -0.39 is 0 Å². The van der Waals surface area contributed by atoms with Crippen molar-refractivity contribution in [2.45, 2.75) is 49.0 Å². The molecule has 0 aliphatic carbocycles. The number of oxazole rings is 1. The molecule has 3 aromatic rings. The highest BCUT2D eigenvalue weighted by Crippen LogP contribution is 2.31. The van der Waals surface area contributed by atoms with Gasteiger partial charge in [-0.15, -0.1) is 11.8 Å². The molecule has 0 fully saturated rings. The van der Waals surface area contributed by atoms with Crippen molar-refractivity contribution >= 4 is 34.1 Å². The van der Waals surface area contributed by atoms with Gasteiger partial charge in [-0.1, -0.05) is 55.5 Å². The van der Waals surface area contributed by atoms with Gasteiger partial charge in [-0.3, -0.25) is 4.79 Å². The number of carbonyl (C=O) groups excluding carboxylic acids is 1. The minimum absolute atomic E-state index is 0.00566. The van der Waals surface area contributed by atoms with E-state index >= 15 is 0 Å². The van der Waals surface area contributed by atoms with Crippen molar-refractivity contribution in [2.75, 3.05) is 5.32 Å². The fourth-order valence-electron chi connectivity index (χ4n) is 2.45. The molecule has 1 aromatic carbocycles. The van der Waals surface area contributed by atoms with E-state index in [1.165, 1.54) is 16.9 Å². The number of thioether (sulfide) groups is 1. The van der Waals surface area contributed by atoms with Crippen LogP contribution in [0.25, 0.3) is 0 Å². The summed E-state index contributed by atoms with van der Waals surface area (Å²) in [6.45, 7) is 4.16. The standard InChI is InChI=1S/C20H23N3O2S2/c1-14(2)16-11-21-18(25-16)13-26-19-12-22-20(27-19)23-17(24)10-6-9-15-7-4-3-5-8-15/h3-5,7-8,11-12,14H,6,9-10,13H2,1-2H3,(H,22,23,24). The van der Waals surface area contributed by atoms with Crippen LogP contribution < -0.4 is 5.32 Å². The molecule has 7 heteroatoms. The van der Waals surface area contributed by atoms with Crippen molar-refractivity contribution in [3.8, 4) is 0 Å². The zero-order chi connectivity index (χ0) is 19.1. The molecular formula is C20H23N3O2S2. The second kappa shape index (κ2) is 9.71. The topological polar surface area (TPSA) is 68.0 Å². The molecule has 0 unspecified atom stereocenters. The summed E-state index contributed by atoms with van der Waals surface area (Å²) in [5.41, 5.74) is 1.25. The highest BCUT2D eigenvalue weighted by Gasteiger charge is 2.10. The molecule has 0 radical (unpaired) electrons. The van der Waals surface area contributed by atoms with Crippen molar-refractivity contribution in [3.05, 3.63) is 59.9 Å². The lowest BCUT2D eigenvalue weighted by atomic mass is 10.1. The van der Waals surface area contributed by atoms with Crippen LogP contribution in [-0.2, 0) is 17.0 Å². The predicted molar refractivity (Wildman–Crippen MR) is 110 cm³/mol. The third kappa shape index (κ3) is 6.22. The van der Waals surface area contributed by atoms with Crippen LogP contribution in [-0.4, -0.2) is 15.9 Å². The summed E-state index contributed by atoms with van der Waals surface area (Å²) in [5.74, 6) is 2.61. The van der Waals surface area contributed by atoms with Gasteiger partial charge in [0.25, 0.3) is 0 Å². The Labute approximate surface area is 167 Å². The smallest absolute Gasteiger partial charge is 0.226 e. The van der Waals surface area contributed by atoms with Crippen LogP contribution in [0.3, 0.4) is 0 Å². The summed E-state index contributed by atoms with van der Waals surface area (Å²) in [7, 11) is 0. The highest BCUT2D eigenvalue weighted by atomic mass is 32.2. The molecule has 1 N–H and O–H groups in total. The van der Waals surface area contributed by atoms with Crippen LogP contribution in [0, 0.1) is 0 Å². The fourth-order valence-corrected chi connectivity index (χ4v) is 4.20. The molecule has 0 aliphatic heterocycles. The second-order valence-electron chi connectivity index (χ2n) is 6.47. The van der Waals surface area contributed by atoms with Crippen molar-refractivity contribution in [3.63, 3.8) is 0 Å². The first-order valence-electron chi connectivity index (χ1n) is 8.97. The summed E-state index contributed by atoms with van der Waals surface area (Å²) in [6.07, 6.45) is 5.79. The molecule has 5 nitrogen and oxygen atoms in total. The van der Waals surface area contributed by atoms with Crippen LogP contribution in [0.5, 0.6) is 0 Å². The average molecular weight is 402 g/mol. The van der Waals surface area contributed by atoms with Gasteiger partial charge in [0.05, 0.1) is 22.4 Å². The number of hydrogen-bond donors (Lipinski definition) is 1.